The van der Waals surface area contributed by atoms with E-state index in [4.69, 9.17) is 5.73 Å². The summed E-state index contributed by atoms with van der Waals surface area (Å²) in [6, 6.07) is 6.56. The molecule has 0 amide bonds. The van der Waals surface area contributed by atoms with Gasteiger partial charge in [-0.15, -0.1) is 0 Å². The van der Waals surface area contributed by atoms with Crippen LogP contribution in [0.15, 0.2) is 29.2 Å². The average Bonchev–Trinajstić information content (AvgIpc) is 2.47. The molecule has 112 valence electrons. The third-order valence-corrected chi connectivity index (χ3v) is 6.39. The number of sulfonamides is 1. The molecule has 2 N–H and O–H groups in total. The van der Waals surface area contributed by atoms with E-state index in [0.717, 1.165) is 31.6 Å². The summed E-state index contributed by atoms with van der Waals surface area (Å²) in [6.45, 7) is 2.21. The number of hydrogen-bond donors (Lipinski definition) is 1. The van der Waals surface area contributed by atoms with Gasteiger partial charge in [-0.05, 0) is 55.9 Å². The minimum absolute atomic E-state index is 0.125. The number of nitrogen functional groups attached to an aromatic ring is 1. The van der Waals surface area contributed by atoms with Gasteiger partial charge in [-0.25, -0.2) is 8.42 Å². The first-order chi connectivity index (χ1) is 9.45. The van der Waals surface area contributed by atoms with Crippen molar-refractivity contribution in [3.8, 4) is 0 Å². The van der Waals surface area contributed by atoms with Gasteiger partial charge in [-0.2, -0.15) is 4.31 Å². The summed E-state index contributed by atoms with van der Waals surface area (Å²) < 4.78 is 26.7. The lowest BCUT2D eigenvalue weighted by molar-refractivity contribution is 0.233. The molecule has 1 aromatic rings. The molecule has 4 nitrogen and oxygen atoms in total. The van der Waals surface area contributed by atoms with Gasteiger partial charge in [-0.1, -0.05) is 13.3 Å². The molecule has 0 atom stereocenters. The van der Waals surface area contributed by atoms with E-state index in [9.17, 15) is 8.42 Å². The van der Waals surface area contributed by atoms with Crippen LogP contribution in [-0.4, -0.2) is 25.8 Å². The molecular formula is C15H24N2O2S. The van der Waals surface area contributed by atoms with Crippen LogP contribution >= 0.6 is 0 Å². The van der Waals surface area contributed by atoms with E-state index < -0.39 is 10.0 Å². The van der Waals surface area contributed by atoms with E-state index in [1.807, 2.05) is 0 Å². The first kappa shape index (κ1) is 15.3. The maximum absolute atomic E-state index is 12.6. The van der Waals surface area contributed by atoms with Gasteiger partial charge in [-0.3, -0.25) is 0 Å². The van der Waals surface area contributed by atoms with Crippen LogP contribution in [0.25, 0.3) is 0 Å². The molecule has 5 heteroatoms. The number of benzene rings is 1. The lowest BCUT2D eigenvalue weighted by Crippen LogP contribution is -2.39. The minimum Gasteiger partial charge on any atom is -0.399 e. The summed E-state index contributed by atoms with van der Waals surface area (Å²) in [5, 5.41) is 0. The molecule has 0 aliphatic heterocycles. The standard InChI is InChI=1S/C15H24N2O2S/c1-3-12-4-8-14(9-5-12)17(2)20(18,19)15-10-6-13(16)7-11-15/h6-7,10-12,14H,3-5,8-9,16H2,1-2H3. The number of rotatable bonds is 4. The fourth-order valence-corrected chi connectivity index (χ4v) is 4.33. The molecule has 0 bridgehead atoms. The Bertz CT molecular complexity index is 531. The molecule has 0 heterocycles. The predicted octanol–water partition coefficient (Wildman–Crippen LogP) is 2.86. The van der Waals surface area contributed by atoms with Crippen molar-refractivity contribution in [2.45, 2.75) is 50.0 Å². The molecule has 0 aromatic heterocycles. The Labute approximate surface area is 122 Å². The van der Waals surface area contributed by atoms with Crippen LogP contribution in [0, 0.1) is 5.92 Å². The highest BCUT2D eigenvalue weighted by molar-refractivity contribution is 7.89. The van der Waals surface area contributed by atoms with Crippen LogP contribution in [0.4, 0.5) is 5.69 Å². The molecule has 2 rings (SSSR count). The summed E-state index contributed by atoms with van der Waals surface area (Å²) in [6.07, 6.45) is 5.37. The molecule has 0 unspecified atom stereocenters. The molecule has 20 heavy (non-hydrogen) atoms. The Balaban J connectivity index is 2.11. The maximum Gasteiger partial charge on any atom is 0.243 e. The van der Waals surface area contributed by atoms with Gasteiger partial charge in [0, 0.05) is 18.8 Å². The van der Waals surface area contributed by atoms with Crippen LogP contribution in [-0.2, 0) is 10.0 Å². The molecule has 1 aromatic carbocycles. The topological polar surface area (TPSA) is 63.4 Å². The molecule has 1 aliphatic carbocycles. The van der Waals surface area contributed by atoms with Crippen molar-refractivity contribution in [1.29, 1.82) is 0 Å². The number of anilines is 1. The van der Waals surface area contributed by atoms with Crippen LogP contribution in [0.5, 0.6) is 0 Å². The van der Waals surface area contributed by atoms with Crippen LogP contribution < -0.4 is 5.73 Å². The summed E-state index contributed by atoms with van der Waals surface area (Å²) in [5.41, 5.74) is 6.19. The largest absolute Gasteiger partial charge is 0.399 e. The first-order valence-electron chi connectivity index (χ1n) is 7.28. The summed E-state index contributed by atoms with van der Waals surface area (Å²) in [4.78, 5) is 0.326. The minimum atomic E-state index is -3.40. The monoisotopic (exact) mass is 296 g/mol. The van der Waals surface area contributed by atoms with Crippen molar-refractivity contribution in [2.24, 2.45) is 5.92 Å². The number of nitrogens with two attached hydrogens (primary N) is 1. The van der Waals surface area contributed by atoms with Gasteiger partial charge in [0.15, 0.2) is 0 Å². The van der Waals surface area contributed by atoms with Gasteiger partial charge >= 0.3 is 0 Å². The number of nitrogens with zero attached hydrogens (tertiary/aromatic N) is 1. The van der Waals surface area contributed by atoms with Crippen molar-refractivity contribution in [1.82, 2.24) is 4.31 Å². The zero-order chi connectivity index (χ0) is 14.8. The third-order valence-electron chi connectivity index (χ3n) is 4.46. The molecule has 0 saturated heterocycles. The first-order valence-corrected chi connectivity index (χ1v) is 8.72. The summed E-state index contributed by atoms with van der Waals surface area (Å²) >= 11 is 0. The quantitative estimate of drug-likeness (QED) is 0.869. The van der Waals surface area contributed by atoms with E-state index in [1.54, 1.807) is 35.6 Å². The second-order valence-corrected chi connectivity index (χ2v) is 7.67. The van der Waals surface area contributed by atoms with Gasteiger partial charge in [0.2, 0.25) is 10.0 Å². The molecule has 1 saturated carbocycles. The van der Waals surface area contributed by atoms with Crippen molar-refractivity contribution >= 4 is 15.7 Å². The Morgan fingerprint density at radius 1 is 1.15 bits per heavy atom. The highest BCUT2D eigenvalue weighted by Crippen LogP contribution is 2.31. The van der Waals surface area contributed by atoms with E-state index in [1.165, 1.54) is 6.42 Å². The second kappa shape index (κ2) is 6.14. The van der Waals surface area contributed by atoms with E-state index in [0.29, 0.717) is 10.6 Å². The Hall–Kier alpha value is -1.07. The average molecular weight is 296 g/mol. The molecular weight excluding hydrogens is 272 g/mol. The SMILES string of the molecule is CCC1CCC(N(C)S(=O)(=O)c2ccc(N)cc2)CC1. The van der Waals surface area contributed by atoms with E-state index >= 15 is 0 Å². The fraction of sp³-hybridized carbons (Fsp3) is 0.600. The molecule has 0 radical (unpaired) electrons. The van der Waals surface area contributed by atoms with Crippen molar-refractivity contribution in [3.63, 3.8) is 0 Å². The van der Waals surface area contributed by atoms with Crippen LogP contribution in [0.3, 0.4) is 0 Å². The molecule has 0 spiro atoms. The summed E-state index contributed by atoms with van der Waals surface area (Å²) in [5.74, 6) is 0.763. The lowest BCUT2D eigenvalue weighted by Gasteiger charge is -2.33. The van der Waals surface area contributed by atoms with Crippen molar-refractivity contribution in [3.05, 3.63) is 24.3 Å². The third kappa shape index (κ3) is 3.15. The Morgan fingerprint density at radius 3 is 2.20 bits per heavy atom. The van der Waals surface area contributed by atoms with E-state index in [-0.39, 0.29) is 6.04 Å². The molecule has 1 aliphatic rings. The van der Waals surface area contributed by atoms with Crippen LogP contribution in [0.1, 0.15) is 39.0 Å². The van der Waals surface area contributed by atoms with Gasteiger partial charge in [0.05, 0.1) is 4.90 Å². The van der Waals surface area contributed by atoms with E-state index in [2.05, 4.69) is 6.92 Å². The van der Waals surface area contributed by atoms with Crippen molar-refractivity contribution < 1.29 is 8.42 Å². The second-order valence-electron chi connectivity index (χ2n) is 5.67. The predicted molar refractivity (Wildman–Crippen MR) is 81.8 cm³/mol. The number of hydrogen-bond acceptors (Lipinski definition) is 3. The van der Waals surface area contributed by atoms with Crippen LogP contribution in [0.2, 0.25) is 0 Å². The molecule has 1 fully saturated rings. The highest BCUT2D eigenvalue weighted by atomic mass is 32.2. The fourth-order valence-electron chi connectivity index (χ4n) is 2.92. The zero-order valence-corrected chi connectivity index (χ0v) is 13.1. The summed E-state index contributed by atoms with van der Waals surface area (Å²) in [7, 11) is -1.70. The van der Waals surface area contributed by atoms with Gasteiger partial charge in [0.1, 0.15) is 0 Å². The Morgan fingerprint density at radius 2 is 1.70 bits per heavy atom. The zero-order valence-electron chi connectivity index (χ0n) is 12.2. The van der Waals surface area contributed by atoms with Gasteiger partial charge in [0.25, 0.3) is 0 Å². The van der Waals surface area contributed by atoms with Crippen molar-refractivity contribution in [2.75, 3.05) is 12.8 Å². The normalized spacial score (nSPS) is 23.9. The van der Waals surface area contributed by atoms with Gasteiger partial charge < -0.3 is 5.73 Å². The smallest absolute Gasteiger partial charge is 0.243 e. The maximum atomic E-state index is 12.6. The Kier molecular flexibility index (Phi) is 4.70. The highest BCUT2D eigenvalue weighted by Gasteiger charge is 2.30. The lowest BCUT2D eigenvalue weighted by atomic mass is 9.85.